The molecule has 2 amide bonds. The van der Waals surface area contributed by atoms with E-state index in [1.807, 2.05) is 43.3 Å². The number of hydrogen-bond acceptors (Lipinski definition) is 4. The van der Waals surface area contributed by atoms with Gasteiger partial charge in [-0.15, -0.1) is 0 Å². The first-order valence-corrected chi connectivity index (χ1v) is 10.7. The third-order valence-electron chi connectivity index (χ3n) is 5.55. The van der Waals surface area contributed by atoms with E-state index in [1.54, 1.807) is 0 Å². The summed E-state index contributed by atoms with van der Waals surface area (Å²) < 4.78 is 0. The van der Waals surface area contributed by atoms with Crippen LogP contribution < -0.4 is 15.5 Å². The molecule has 2 aromatic rings. The van der Waals surface area contributed by atoms with Gasteiger partial charge in [0.05, 0.1) is 6.42 Å². The number of carbonyl (C=O) groups is 2. The minimum Gasteiger partial charge on any atom is -0.369 e. The van der Waals surface area contributed by atoms with E-state index in [9.17, 15) is 9.59 Å². The molecule has 6 nitrogen and oxygen atoms in total. The van der Waals surface area contributed by atoms with E-state index in [4.69, 9.17) is 0 Å². The second-order valence-corrected chi connectivity index (χ2v) is 7.73. The largest absolute Gasteiger partial charge is 0.369 e. The van der Waals surface area contributed by atoms with Gasteiger partial charge in [0.2, 0.25) is 11.8 Å². The van der Waals surface area contributed by atoms with Crippen LogP contribution in [0.2, 0.25) is 0 Å². The summed E-state index contributed by atoms with van der Waals surface area (Å²) in [6.45, 7) is 9.88. The highest BCUT2D eigenvalue weighted by atomic mass is 16.2. The number of amides is 2. The van der Waals surface area contributed by atoms with Crippen LogP contribution in [0.25, 0.3) is 0 Å². The van der Waals surface area contributed by atoms with E-state index in [2.05, 4.69) is 39.5 Å². The number of aryl methyl sites for hydroxylation is 1. The van der Waals surface area contributed by atoms with Crippen molar-refractivity contribution in [1.82, 2.24) is 10.2 Å². The van der Waals surface area contributed by atoms with Crippen LogP contribution in [0.4, 0.5) is 11.4 Å². The molecule has 1 aliphatic heterocycles. The second-order valence-electron chi connectivity index (χ2n) is 7.73. The SMILES string of the molecule is CCN1CCN(c2ccc(NC(=O)CCNC(=O)Cc3ccccc3)c(C)c2)CC1. The Morgan fingerprint density at radius 3 is 2.37 bits per heavy atom. The lowest BCUT2D eigenvalue weighted by molar-refractivity contribution is -0.120. The molecular weight excluding hydrogens is 376 g/mol. The van der Waals surface area contributed by atoms with Gasteiger partial charge in [-0.25, -0.2) is 0 Å². The Morgan fingerprint density at radius 2 is 1.70 bits per heavy atom. The molecule has 0 aromatic heterocycles. The first-order chi connectivity index (χ1) is 14.5. The van der Waals surface area contributed by atoms with Crippen molar-refractivity contribution in [3.05, 3.63) is 59.7 Å². The predicted molar refractivity (Wildman–Crippen MR) is 122 cm³/mol. The number of benzene rings is 2. The molecule has 1 aliphatic rings. The van der Waals surface area contributed by atoms with Crippen LogP contribution in [0.3, 0.4) is 0 Å². The number of nitrogens with one attached hydrogen (secondary N) is 2. The summed E-state index contributed by atoms with van der Waals surface area (Å²) >= 11 is 0. The first kappa shape index (κ1) is 21.8. The summed E-state index contributed by atoms with van der Waals surface area (Å²) in [4.78, 5) is 29.1. The Morgan fingerprint density at radius 1 is 0.967 bits per heavy atom. The third kappa shape index (κ3) is 6.32. The van der Waals surface area contributed by atoms with Crippen molar-refractivity contribution in [3.63, 3.8) is 0 Å². The number of carbonyl (C=O) groups excluding carboxylic acids is 2. The highest BCUT2D eigenvalue weighted by Gasteiger charge is 2.16. The Labute approximate surface area is 179 Å². The summed E-state index contributed by atoms with van der Waals surface area (Å²) in [6.07, 6.45) is 0.580. The normalized spacial score (nSPS) is 14.4. The molecule has 3 rings (SSSR count). The fourth-order valence-corrected chi connectivity index (χ4v) is 3.68. The van der Waals surface area contributed by atoms with Crippen LogP contribution in [-0.4, -0.2) is 56.0 Å². The van der Waals surface area contributed by atoms with E-state index in [1.165, 1.54) is 5.69 Å². The van der Waals surface area contributed by atoms with Crippen LogP contribution in [0.5, 0.6) is 0 Å². The molecule has 0 saturated carbocycles. The molecule has 1 heterocycles. The molecule has 30 heavy (non-hydrogen) atoms. The fourth-order valence-electron chi connectivity index (χ4n) is 3.68. The molecule has 160 valence electrons. The van der Waals surface area contributed by atoms with Gasteiger partial charge in [0, 0.05) is 50.5 Å². The van der Waals surface area contributed by atoms with Crippen molar-refractivity contribution in [2.45, 2.75) is 26.7 Å². The molecule has 0 spiro atoms. The molecule has 1 fully saturated rings. The minimum absolute atomic E-state index is 0.0716. The van der Waals surface area contributed by atoms with Gasteiger partial charge < -0.3 is 20.4 Å². The lowest BCUT2D eigenvalue weighted by Crippen LogP contribution is -2.46. The molecule has 2 aromatic carbocycles. The minimum atomic E-state index is -0.0950. The molecule has 0 unspecified atom stereocenters. The number of nitrogens with zero attached hydrogens (tertiary/aromatic N) is 2. The molecule has 0 bridgehead atoms. The monoisotopic (exact) mass is 408 g/mol. The van der Waals surface area contributed by atoms with Crippen LogP contribution in [-0.2, 0) is 16.0 Å². The van der Waals surface area contributed by atoms with Crippen molar-refractivity contribution in [3.8, 4) is 0 Å². The molecule has 0 radical (unpaired) electrons. The van der Waals surface area contributed by atoms with Crippen LogP contribution >= 0.6 is 0 Å². The van der Waals surface area contributed by atoms with Crippen molar-refractivity contribution >= 4 is 23.2 Å². The van der Waals surface area contributed by atoms with E-state index in [0.717, 1.165) is 49.5 Å². The standard InChI is InChI=1S/C24H32N4O2/c1-3-27-13-15-28(16-14-27)21-9-10-22(19(2)17-21)26-23(29)11-12-25-24(30)18-20-7-5-4-6-8-20/h4-10,17H,3,11-16,18H2,1-2H3,(H,25,30)(H,26,29). The molecular formula is C24H32N4O2. The van der Waals surface area contributed by atoms with Gasteiger partial charge in [-0.05, 0) is 42.8 Å². The lowest BCUT2D eigenvalue weighted by atomic mass is 10.1. The molecule has 1 saturated heterocycles. The van der Waals surface area contributed by atoms with Crippen LogP contribution in [0.1, 0.15) is 24.5 Å². The highest BCUT2D eigenvalue weighted by molar-refractivity contribution is 5.92. The van der Waals surface area contributed by atoms with Gasteiger partial charge in [0.15, 0.2) is 0 Å². The van der Waals surface area contributed by atoms with E-state index in [0.29, 0.717) is 13.0 Å². The summed E-state index contributed by atoms with van der Waals surface area (Å²) in [5, 5.41) is 5.78. The average molecular weight is 409 g/mol. The van der Waals surface area contributed by atoms with Crippen LogP contribution in [0.15, 0.2) is 48.5 Å². The van der Waals surface area contributed by atoms with Crippen molar-refractivity contribution in [2.75, 3.05) is 49.5 Å². The molecule has 6 heteroatoms. The van der Waals surface area contributed by atoms with E-state index >= 15 is 0 Å². The Bertz CT molecular complexity index is 846. The highest BCUT2D eigenvalue weighted by Crippen LogP contribution is 2.24. The van der Waals surface area contributed by atoms with Gasteiger partial charge in [0.1, 0.15) is 0 Å². The van der Waals surface area contributed by atoms with Gasteiger partial charge >= 0.3 is 0 Å². The number of hydrogen-bond donors (Lipinski definition) is 2. The number of likely N-dealkylation sites (N-methyl/N-ethyl adjacent to an activating group) is 1. The van der Waals surface area contributed by atoms with Gasteiger partial charge in [-0.2, -0.15) is 0 Å². The maximum atomic E-state index is 12.3. The van der Waals surface area contributed by atoms with Crippen molar-refractivity contribution < 1.29 is 9.59 Å². The quantitative estimate of drug-likeness (QED) is 0.705. The average Bonchev–Trinajstić information content (AvgIpc) is 2.76. The predicted octanol–water partition coefficient (Wildman–Crippen LogP) is 2.82. The first-order valence-electron chi connectivity index (χ1n) is 10.7. The summed E-state index contributed by atoms with van der Waals surface area (Å²) in [6, 6.07) is 15.8. The van der Waals surface area contributed by atoms with Gasteiger partial charge in [-0.3, -0.25) is 9.59 Å². The summed E-state index contributed by atoms with van der Waals surface area (Å²) in [5.74, 6) is -0.167. The smallest absolute Gasteiger partial charge is 0.226 e. The zero-order valence-electron chi connectivity index (χ0n) is 18.0. The maximum absolute atomic E-state index is 12.3. The Kier molecular flexibility index (Phi) is 7.85. The van der Waals surface area contributed by atoms with Crippen molar-refractivity contribution in [2.24, 2.45) is 0 Å². The van der Waals surface area contributed by atoms with Gasteiger partial charge in [0.25, 0.3) is 0 Å². The molecule has 0 aliphatic carbocycles. The zero-order valence-corrected chi connectivity index (χ0v) is 18.0. The lowest BCUT2D eigenvalue weighted by Gasteiger charge is -2.35. The van der Waals surface area contributed by atoms with E-state index in [-0.39, 0.29) is 18.2 Å². The van der Waals surface area contributed by atoms with Crippen LogP contribution in [0, 0.1) is 6.92 Å². The van der Waals surface area contributed by atoms with Gasteiger partial charge in [-0.1, -0.05) is 37.3 Å². The maximum Gasteiger partial charge on any atom is 0.226 e. The Balaban J connectivity index is 1.43. The number of piperazine rings is 1. The third-order valence-corrected chi connectivity index (χ3v) is 5.55. The van der Waals surface area contributed by atoms with Crippen molar-refractivity contribution in [1.29, 1.82) is 0 Å². The number of rotatable bonds is 8. The second kappa shape index (κ2) is 10.8. The number of anilines is 2. The Hall–Kier alpha value is -2.86. The topological polar surface area (TPSA) is 64.7 Å². The molecule has 0 atom stereocenters. The van der Waals surface area contributed by atoms with E-state index < -0.39 is 0 Å². The zero-order chi connectivity index (χ0) is 21.3. The summed E-state index contributed by atoms with van der Waals surface area (Å²) in [5.41, 5.74) is 4.04. The molecule has 2 N–H and O–H groups in total. The summed E-state index contributed by atoms with van der Waals surface area (Å²) in [7, 11) is 0. The fraction of sp³-hybridized carbons (Fsp3) is 0.417.